The van der Waals surface area contributed by atoms with E-state index in [0.717, 1.165) is 52.5 Å². The quantitative estimate of drug-likeness (QED) is 0.316. The van der Waals surface area contributed by atoms with E-state index >= 15 is 0 Å². The minimum atomic E-state index is -4.41. The Kier molecular flexibility index (Phi) is 4.96. The van der Waals surface area contributed by atoms with Gasteiger partial charge >= 0.3 is 6.18 Å². The second kappa shape index (κ2) is 7.97. The molecule has 0 unspecified atom stereocenters. The number of halogens is 3. The first kappa shape index (κ1) is 22.4. The lowest BCUT2D eigenvalue weighted by atomic mass is 10.1. The number of aromatic nitrogens is 4. The fourth-order valence-electron chi connectivity index (χ4n) is 4.71. The third-order valence-electron chi connectivity index (χ3n) is 6.64. The van der Waals surface area contributed by atoms with Gasteiger partial charge in [-0.3, -0.25) is 14.0 Å². The van der Waals surface area contributed by atoms with E-state index in [1.165, 1.54) is 12.1 Å². The van der Waals surface area contributed by atoms with Crippen LogP contribution in [0.3, 0.4) is 0 Å². The molecule has 10 heteroatoms. The summed E-state index contributed by atoms with van der Waals surface area (Å²) in [4.78, 5) is 14.9. The van der Waals surface area contributed by atoms with E-state index < -0.39 is 11.7 Å². The molecule has 184 valence electrons. The largest absolute Gasteiger partial charge is 0.416 e. The van der Waals surface area contributed by atoms with Crippen molar-refractivity contribution in [2.24, 2.45) is 7.05 Å². The molecule has 2 aromatic carbocycles. The van der Waals surface area contributed by atoms with Gasteiger partial charge in [0.1, 0.15) is 6.26 Å². The molecule has 1 aliphatic rings. The first-order valence-corrected chi connectivity index (χ1v) is 11.5. The molecule has 1 amide bonds. The number of aryl methyl sites for hydroxylation is 1. The molecule has 3 aromatic heterocycles. The van der Waals surface area contributed by atoms with Crippen LogP contribution in [0.4, 0.5) is 13.2 Å². The molecule has 1 saturated carbocycles. The second-order valence-electron chi connectivity index (χ2n) is 9.31. The van der Waals surface area contributed by atoms with Gasteiger partial charge in [0.25, 0.3) is 5.91 Å². The Labute approximate surface area is 203 Å². The maximum atomic E-state index is 13.3. The molecule has 1 fully saturated rings. The van der Waals surface area contributed by atoms with Crippen molar-refractivity contribution in [1.29, 1.82) is 0 Å². The lowest BCUT2D eigenvalue weighted by Gasteiger charge is -2.17. The van der Waals surface area contributed by atoms with E-state index in [2.05, 4.69) is 10.3 Å². The first-order chi connectivity index (χ1) is 17.2. The van der Waals surface area contributed by atoms with Crippen molar-refractivity contribution in [1.82, 2.24) is 24.4 Å². The van der Waals surface area contributed by atoms with Crippen LogP contribution in [-0.2, 0) is 19.8 Å². The normalized spacial score (nSPS) is 14.1. The maximum absolute atomic E-state index is 13.3. The summed E-state index contributed by atoms with van der Waals surface area (Å²) in [6.07, 6.45) is 1.21. The van der Waals surface area contributed by atoms with Gasteiger partial charge < -0.3 is 9.42 Å². The Balaban J connectivity index is 1.38. The number of fused-ring (bicyclic) bond motifs is 3. The highest BCUT2D eigenvalue weighted by atomic mass is 19.4. The zero-order chi connectivity index (χ0) is 25.2. The Hall–Kier alpha value is -4.08. The van der Waals surface area contributed by atoms with E-state index in [-0.39, 0.29) is 5.91 Å². The zero-order valence-electron chi connectivity index (χ0n) is 19.6. The monoisotopic (exact) mass is 493 g/mol. The van der Waals surface area contributed by atoms with Crippen LogP contribution in [0, 0.1) is 0 Å². The molecule has 6 rings (SSSR count). The summed E-state index contributed by atoms with van der Waals surface area (Å²) in [5.74, 6) is 0.265. The highest BCUT2D eigenvalue weighted by molar-refractivity contribution is 6.10. The van der Waals surface area contributed by atoms with Gasteiger partial charge in [-0.25, -0.2) is 0 Å². The van der Waals surface area contributed by atoms with Gasteiger partial charge in [0.15, 0.2) is 5.65 Å². The van der Waals surface area contributed by atoms with Crippen LogP contribution in [0.25, 0.3) is 27.6 Å². The fraction of sp³-hybridized carbons (Fsp3) is 0.269. The predicted molar refractivity (Wildman–Crippen MR) is 127 cm³/mol. The summed E-state index contributed by atoms with van der Waals surface area (Å²) < 4.78 is 47.8. The van der Waals surface area contributed by atoms with Crippen LogP contribution in [-0.4, -0.2) is 37.4 Å². The second-order valence-corrected chi connectivity index (χ2v) is 9.31. The summed E-state index contributed by atoms with van der Waals surface area (Å²) in [7, 11) is 3.52. The Morgan fingerprint density at radius 1 is 1.14 bits per heavy atom. The summed E-state index contributed by atoms with van der Waals surface area (Å²) in [6, 6.07) is 10.3. The van der Waals surface area contributed by atoms with Crippen LogP contribution in [0.2, 0.25) is 0 Å². The fourth-order valence-corrected chi connectivity index (χ4v) is 4.71. The highest BCUT2D eigenvalue weighted by Gasteiger charge is 2.31. The Morgan fingerprint density at radius 3 is 2.58 bits per heavy atom. The van der Waals surface area contributed by atoms with Gasteiger partial charge in [-0.15, -0.1) is 0 Å². The third kappa shape index (κ3) is 3.73. The standard InChI is InChI=1S/C26H22F3N5O2/c1-32(12-17-14-36-31-23(17)15-3-4-15)25(35)16-5-10-22-20(11-16)21-13-33(2)30-24(21)34(22)19-8-6-18(7-9-19)26(27,28)29/h5-11,13-15H,3-4,12H2,1-2H3. The molecule has 1 aliphatic carbocycles. The van der Waals surface area contributed by atoms with Crippen molar-refractivity contribution < 1.29 is 22.5 Å². The molecule has 0 saturated heterocycles. The first-order valence-electron chi connectivity index (χ1n) is 11.5. The molecule has 0 spiro atoms. The Morgan fingerprint density at radius 2 is 1.89 bits per heavy atom. The number of nitrogens with zero attached hydrogens (tertiary/aromatic N) is 5. The van der Waals surface area contributed by atoms with E-state index in [9.17, 15) is 18.0 Å². The minimum Gasteiger partial charge on any atom is -0.364 e. The van der Waals surface area contributed by atoms with Crippen molar-refractivity contribution >= 4 is 27.8 Å². The van der Waals surface area contributed by atoms with Crippen LogP contribution >= 0.6 is 0 Å². The number of carbonyl (C=O) groups is 1. The molecule has 7 nitrogen and oxygen atoms in total. The molecule has 5 aromatic rings. The molecular weight excluding hydrogens is 471 g/mol. The number of carbonyl (C=O) groups excluding carboxylic acids is 1. The van der Waals surface area contributed by atoms with E-state index in [4.69, 9.17) is 4.52 Å². The number of alkyl halides is 3. The minimum absolute atomic E-state index is 0.154. The number of benzene rings is 2. The molecular formula is C26H22F3N5O2. The van der Waals surface area contributed by atoms with Crippen molar-refractivity contribution in [3.63, 3.8) is 0 Å². The lowest BCUT2D eigenvalue weighted by molar-refractivity contribution is -0.137. The number of hydrogen-bond acceptors (Lipinski definition) is 4. The summed E-state index contributed by atoms with van der Waals surface area (Å²) in [5.41, 5.74) is 3.54. The van der Waals surface area contributed by atoms with Crippen molar-refractivity contribution in [2.45, 2.75) is 31.5 Å². The van der Waals surface area contributed by atoms with Gasteiger partial charge in [-0.1, -0.05) is 5.16 Å². The van der Waals surface area contributed by atoms with Crippen LogP contribution in [0.15, 0.2) is 59.4 Å². The van der Waals surface area contributed by atoms with Crippen LogP contribution in [0.1, 0.15) is 45.9 Å². The van der Waals surface area contributed by atoms with E-state index in [1.807, 2.05) is 22.9 Å². The molecule has 3 heterocycles. The lowest BCUT2D eigenvalue weighted by Crippen LogP contribution is -2.26. The number of amides is 1. The van der Waals surface area contributed by atoms with Gasteiger partial charge in [0.2, 0.25) is 0 Å². The van der Waals surface area contributed by atoms with Crippen LogP contribution in [0.5, 0.6) is 0 Å². The smallest absolute Gasteiger partial charge is 0.364 e. The van der Waals surface area contributed by atoms with Gasteiger partial charge in [0.05, 0.1) is 23.3 Å². The molecule has 0 aliphatic heterocycles. The van der Waals surface area contributed by atoms with E-state index in [0.29, 0.717) is 29.4 Å². The average Bonchev–Trinajstić information content (AvgIpc) is 3.36. The number of rotatable bonds is 5. The SMILES string of the molecule is CN(Cc1conc1C1CC1)C(=O)c1ccc2c(c1)c1cn(C)nc1n2-c1ccc(C(F)(F)F)cc1. The van der Waals surface area contributed by atoms with Crippen LogP contribution < -0.4 is 0 Å². The van der Waals surface area contributed by atoms with E-state index in [1.54, 1.807) is 36.0 Å². The summed E-state index contributed by atoms with van der Waals surface area (Å²) >= 11 is 0. The zero-order valence-corrected chi connectivity index (χ0v) is 19.6. The molecule has 0 atom stereocenters. The highest BCUT2D eigenvalue weighted by Crippen LogP contribution is 2.41. The topological polar surface area (TPSA) is 69.1 Å². The molecule has 0 radical (unpaired) electrons. The average molecular weight is 493 g/mol. The van der Waals surface area contributed by atoms with Gasteiger partial charge in [0, 0.05) is 53.8 Å². The van der Waals surface area contributed by atoms with Crippen molar-refractivity contribution in [3.05, 3.63) is 77.3 Å². The third-order valence-corrected chi connectivity index (χ3v) is 6.64. The molecule has 36 heavy (non-hydrogen) atoms. The summed E-state index contributed by atoms with van der Waals surface area (Å²) in [6.45, 7) is 0.390. The number of hydrogen-bond donors (Lipinski definition) is 0. The van der Waals surface area contributed by atoms with Gasteiger partial charge in [-0.2, -0.15) is 18.3 Å². The summed E-state index contributed by atoms with van der Waals surface area (Å²) in [5, 5.41) is 10.2. The predicted octanol–water partition coefficient (Wildman–Crippen LogP) is 5.67. The molecule has 0 bridgehead atoms. The van der Waals surface area contributed by atoms with Crippen molar-refractivity contribution in [2.75, 3.05) is 7.05 Å². The van der Waals surface area contributed by atoms with Gasteiger partial charge in [-0.05, 0) is 55.3 Å². The van der Waals surface area contributed by atoms with Crippen molar-refractivity contribution in [3.8, 4) is 5.69 Å². The Bertz CT molecular complexity index is 1610. The maximum Gasteiger partial charge on any atom is 0.416 e. The molecule has 0 N–H and O–H groups in total.